The number of nitriles is 1. The number of anilines is 1. The van der Waals surface area contributed by atoms with Crippen molar-refractivity contribution in [3.63, 3.8) is 0 Å². The smallest absolute Gasteiger partial charge is 0.306 e. The summed E-state index contributed by atoms with van der Waals surface area (Å²) in [4.78, 5) is 35.1. The maximum absolute atomic E-state index is 11.8. The highest BCUT2D eigenvalue weighted by Crippen LogP contribution is 2.20. The summed E-state index contributed by atoms with van der Waals surface area (Å²) < 4.78 is 4.88. The normalized spacial score (nSPS) is 9.93. The Bertz CT molecular complexity index is 862. The Morgan fingerprint density at radius 3 is 2.74 bits per heavy atom. The van der Waals surface area contributed by atoms with E-state index in [4.69, 9.17) is 21.6 Å². The molecule has 1 aromatic carbocycles. The average Bonchev–Trinajstić information content (AvgIpc) is 3.18. The number of thiophene rings is 1. The molecule has 2 N–H and O–H groups in total. The number of rotatable bonds is 8. The van der Waals surface area contributed by atoms with E-state index in [1.54, 1.807) is 11.4 Å². The molecular weight excluding hydrogens is 390 g/mol. The van der Waals surface area contributed by atoms with E-state index in [2.05, 4.69) is 10.6 Å². The summed E-state index contributed by atoms with van der Waals surface area (Å²) in [5, 5.41) is 17.8. The first-order valence-corrected chi connectivity index (χ1v) is 9.27. The highest BCUT2D eigenvalue weighted by Gasteiger charge is 2.10. The molecule has 0 radical (unpaired) electrons. The zero-order chi connectivity index (χ0) is 19.6. The predicted molar refractivity (Wildman–Crippen MR) is 102 cm³/mol. The molecule has 0 unspecified atom stereocenters. The van der Waals surface area contributed by atoms with Crippen LogP contribution in [0.4, 0.5) is 5.69 Å². The van der Waals surface area contributed by atoms with E-state index >= 15 is 0 Å². The van der Waals surface area contributed by atoms with Crippen LogP contribution in [0.25, 0.3) is 0 Å². The van der Waals surface area contributed by atoms with Crippen molar-refractivity contribution in [2.24, 2.45) is 0 Å². The first-order chi connectivity index (χ1) is 13.0. The van der Waals surface area contributed by atoms with Crippen LogP contribution in [0, 0.1) is 11.3 Å². The first-order valence-electron chi connectivity index (χ1n) is 7.95. The van der Waals surface area contributed by atoms with Crippen LogP contribution in [0.3, 0.4) is 0 Å². The number of carbonyl (C=O) groups is 3. The molecule has 7 nitrogen and oxygen atoms in total. The van der Waals surface area contributed by atoms with Gasteiger partial charge in [0.1, 0.15) is 6.07 Å². The maximum atomic E-state index is 11.8. The van der Waals surface area contributed by atoms with Crippen molar-refractivity contribution >= 4 is 46.4 Å². The Balaban J connectivity index is 1.63. The number of halogens is 1. The van der Waals surface area contributed by atoms with E-state index in [0.29, 0.717) is 29.8 Å². The van der Waals surface area contributed by atoms with Crippen LogP contribution in [-0.2, 0) is 14.3 Å². The minimum Gasteiger partial charge on any atom is -0.456 e. The van der Waals surface area contributed by atoms with E-state index in [0.717, 1.165) is 0 Å². The molecule has 1 heterocycles. The van der Waals surface area contributed by atoms with Gasteiger partial charge in [-0.3, -0.25) is 14.4 Å². The molecule has 0 atom stereocenters. The van der Waals surface area contributed by atoms with Gasteiger partial charge in [-0.05, 0) is 36.1 Å². The fourth-order valence-electron chi connectivity index (χ4n) is 2.03. The van der Waals surface area contributed by atoms with Crippen LogP contribution in [0.5, 0.6) is 0 Å². The van der Waals surface area contributed by atoms with Crippen molar-refractivity contribution in [3.05, 3.63) is 51.2 Å². The van der Waals surface area contributed by atoms with Crippen LogP contribution in [-0.4, -0.2) is 30.9 Å². The number of ether oxygens (including phenoxy) is 1. The summed E-state index contributed by atoms with van der Waals surface area (Å²) in [6, 6.07) is 8.08. The van der Waals surface area contributed by atoms with Crippen molar-refractivity contribution in [2.45, 2.75) is 12.8 Å². The summed E-state index contributed by atoms with van der Waals surface area (Å²) in [5.41, 5.74) is 1.28. The summed E-state index contributed by atoms with van der Waals surface area (Å²) in [7, 11) is 0. The number of nitrogens with one attached hydrogen (secondary N) is 2. The molecule has 0 spiro atoms. The second-order valence-corrected chi connectivity index (χ2v) is 6.57. The van der Waals surface area contributed by atoms with Gasteiger partial charge in [0.15, 0.2) is 6.61 Å². The third-order valence-corrected chi connectivity index (χ3v) is 4.36. The van der Waals surface area contributed by atoms with Crippen LogP contribution < -0.4 is 10.6 Å². The Labute approximate surface area is 164 Å². The minimum atomic E-state index is -0.534. The molecule has 0 aliphatic carbocycles. The van der Waals surface area contributed by atoms with Crippen molar-refractivity contribution in [2.75, 3.05) is 18.5 Å². The van der Waals surface area contributed by atoms with Gasteiger partial charge in [-0.2, -0.15) is 16.6 Å². The quantitative estimate of drug-likeness (QED) is 0.518. The fraction of sp³-hybridized carbons (Fsp3) is 0.222. The molecule has 9 heteroatoms. The molecule has 2 rings (SSSR count). The van der Waals surface area contributed by atoms with E-state index < -0.39 is 18.5 Å². The number of hydrogen-bond acceptors (Lipinski definition) is 6. The number of carbonyl (C=O) groups excluding carboxylic acids is 3. The molecule has 2 aromatic rings. The number of esters is 1. The first kappa shape index (κ1) is 20.4. The van der Waals surface area contributed by atoms with Crippen molar-refractivity contribution in [1.82, 2.24) is 5.32 Å². The molecule has 0 saturated heterocycles. The summed E-state index contributed by atoms with van der Waals surface area (Å²) >= 11 is 7.31. The fourth-order valence-corrected chi connectivity index (χ4v) is 2.89. The number of nitrogens with zero attached hydrogens (tertiary/aromatic N) is 1. The van der Waals surface area contributed by atoms with E-state index in [1.165, 1.54) is 29.5 Å². The molecule has 0 aliphatic rings. The van der Waals surface area contributed by atoms with E-state index in [1.807, 2.05) is 11.4 Å². The minimum absolute atomic E-state index is 0.0832. The Morgan fingerprint density at radius 1 is 1.26 bits per heavy atom. The number of amides is 2. The molecule has 140 valence electrons. The lowest BCUT2D eigenvalue weighted by Gasteiger charge is -2.08. The molecular formula is C18H16ClN3O4S. The number of benzene rings is 1. The largest absolute Gasteiger partial charge is 0.456 e. The lowest BCUT2D eigenvalue weighted by atomic mass is 10.2. The zero-order valence-corrected chi connectivity index (χ0v) is 15.7. The van der Waals surface area contributed by atoms with Gasteiger partial charge in [0, 0.05) is 29.6 Å². The average molecular weight is 406 g/mol. The van der Waals surface area contributed by atoms with E-state index in [9.17, 15) is 14.4 Å². The lowest BCUT2D eigenvalue weighted by Crippen LogP contribution is -2.25. The molecule has 2 amide bonds. The van der Waals surface area contributed by atoms with E-state index in [-0.39, 0.29) is 17.4 Å². The summed E-state index contributed by atoms with van der Waals surface area (Å²) in [6.07, 6.45) is 0.488. The van der Waals surface area contributed by atoms with Gasteiger partial charge in [-0.1, -0.05) is 11.6 Å². The molecule has 0 saturated carbocycles. The van der Waals surface area contributed by atoms with Crippen molar-refractivity contribution in [1.29, 1.82) is 5.26 Å². The summed E-state index contributed by atoms with van der Waals surface area (Å²) in [5.74, 6) is -1.24. The van der Waals surface area contributed by atoms with Gasteiger partial charge in [0.05, 0.1) is 10.6 Å². The number of hydrogen-bond donors (Lipinski definition) is 2. The lowest BCUT2D eigenvalue weighted by molar-refractivity contribution is -0.147. The molecule has 1 aromatic heterocycles. The van der Waals surface area contributed by atoms with Crippen LogP contribution in [0.2, 0.25) is 5.02 Å². The molecule has 0 bridgehead atoms. The van der Waals surface area contributed by atoms with Crippen molar-refractivity contribution < 1.29 is 19.1 Å². The molecule has 27 heavy (non-hydrogen) atoms. The van der Waals surface area contributed by atoms with Gasteiger partial charge in [0.25, 0.3) is 11.8 Å². The standard InChI is InChI=1S/C18H16ClN3O4S/c19-15-8-14(4-3-12(15)9-20)22-16(23)10-26-17(24)2-1-6-21-18(25)13-5-7-27-11-13/h3-5,7-8,11H,1-2,6,10H2,(H,21,25)(H,22,23). The SMILES string of the molecule is N#Cc1ccc(NC(=O)COC(=O)CCCNC(=O)c2ccsc2)cc1Cl. The van der Waals surface area contributed by atoms with Gasteiger partial charge in [-0.25, -0.2) is 0 Å². The maximum Gasteiger partial charge on any atom is 0.306 e. The highest BCUT2D eigenvalue weighted by atomic mass is 35.5. The zero-order valence-electron chi connectivity index (χ0n) is 14.2. The highest BCUT2D eigenvalue weighted by molar-refractivity contribution is 7.08. The Kier molecular flexibility index (Phi) is 7.79. The van der Waals surface area contributed by atoms with Gasteiger partial charge in [0.2, 0.25) is 0 Å². The predicted octanol–water partition coefficient (Wildman–Crippen LogP) is 2.97. The third-order valence-electron chi connectivity index (χ3n) is 3.36. The van der Waals surface area contributed by atoms with Gasteiger partial charge >= 0.3 is 5.97 Å². The summed E-state index contributed by atoms with van der Waals surface area (Å²) in [6.45, 7) is -0.0998. The van der Waals surface area contributed by atoms with Gasteiger partial charge in [-0.15, -0.1) is 0 Å². The van der Waals surface area contributed by atoms with Crippen molar-refractivity contribution in [3.8, 4) is 6.07 Å². The van der Waals surface area contributed by atoms with Gasteiger partial charge < -0.3 is 15.4 Å². The second kappa shape index (κ2) is 10.3. The van der Waals surface area contributed by atoms with Crippen LogP contribution in [0.15, 0.2) is 35.0 Å². The molecule has 0 fully saturated rings. The molecule has 0 aliphatic heterocycles. The van der Waals surface area contributed by atoms with Crippen LogP contribution in [0.1, 0.15) is 28.8 Å². The monoisotopic (exact) mass is 405 g/mol. The Morgan fingerprint density at radius 2 is 2.07 bits per heavy atom. The topological polar surface area (TPSA) is 108 Å². The van der Waals surface area contributed by atoms with Crippen LogP contribution >= 0.6 is 22.9 Å². The second-order valence-electron chi connectivity index (χ2n) is 5.39. The third kappa shape index (κ3) is 6.73. The Hall–Kier alpha value is -2.89.